The molecule has 0 bridgehead atoms. The lowest BCUT2D eigenvalue weighted by atomic mass is 10.1. The average Bonchev–Trinajstić information content (AvgIpc) is 2.53. The Kier molecular flexibility index (Phi) is 3.53. The minimum Gasteiger partial charge on any atom is -0.368 e. The molecular formula is C12H15FO3. The van der Waals surface area contributed by atoms with E-state index in [-0.39, 0.29) is 0 Å². The van der Waals surface area contributed by atoms with Gasteiger partial charge in [-0.05, 0) is 12.5 Å². The topological polar surface area (TPSA) is 38.7 Å². The first-order valence-corrected chi connectivity index (χ1v) is 5.31. The fraction of sp³-hybridized carbons (Fsp3) is 0.500. The molecule has 1 aliphatic rings. The van der Waals surface area contributed by atoms with Gasteiger partial charge in [-0.25, -0.2) is 4.39 Å². The van der Waals surface area contributed by atoms with Gasteiger partial charge < -0.3 is 14.6 Å². The van der Waals surface area contributed by atoms with E-state index < -0.39 is 24.7 Å². The smallest absolute Gasteiger partial charge is 0.189 e. The van der Waals surface area contributed by atoms with Crippen molar-refractivity contribution in [2.75, 3.05) is 0 Å². The van der Waals surface area contributed by atoms with Crippen LogP contribution in [0.4, 0.5) is 4.39 Å². The van der Waals surface area contributed by atoms with Crippen LogP contribution in [0.2, 0.25) is 0 Å². The Morgan fingerprint density at radius 1 is 1.38 bits per heavy atom. The van der Waals surface area contributed by atoms with Crippen LogP contribution in [0.15, 0.2) is 30.3 Å². The van der Waals surface area contributed by atoms with E-state index in [0.29, 0.717) is 6.61 Å². The molecule has 1 saturated heterocycles. The molecule has 1 aliphatic heterocycles. The average molecular weight is 226 g/mol. The van der Waals surface area contributed by atoms with Gasteiger partial charge in [-0.2, -0.15) is 0 Å². The molecule has 2 rings (SSSR count). The normalized spacial score (nSPS) is 34.2. The van der Waals surface area contributed by atoms with Crippen molar-refractivity contribution in [3.05, 3.63) is 35.9 Å². The van der Waals surface area contributed by atoms with Crippen LogP contribution in [-0.4, -0.2) is 29.8 Å². The van der Waals surface area contributed by atoms with Gasteiger partial charge >= 0.3 is 0 Å². The van der Waals surface area contributed by atoms with E-state index in [1.54, 1.807) is 6.92 Å². The summed E-state index contributed by atoms with van der Waals surface area (Å²) in [5.41, 5.74) is 0.975. The van der Waals surface area contributed by atoms with Crippen molar-refractivity contribution in [3.63, 3.8) is 0 Å². The Labute approximate surface area is 93.8 Å². The number of alkyl halides is 1. The second kappa shape index (κ2) is 4.91. The van der Waals surface area contributed by atoms with Crippen molar-refractivity contribution in [1.82, 2.24) is 0 Å². The Bertz CT molecular complexity index is 330. The summed E-state index contributed by atoms with van der Waals surface area (Å²) in [6.07, 6.45) is -3.96. The SMILES string of the molecule is C[C@H]1O[C@H](O)[C@@H](F)[C@@H]1OCc1ccccc1. The van der Waals surface area contributed by atoms with Crippen LogP contribution in [0.25, 0.3) is 0 Å². The van der Waals surface area contributed by atoms with Crippen LogP contribution in [0, 0.1) is 0 Å². The Morgan fingerprint density at radius 3 is 2.62 bits per heavy atom. The predicted octanol–water partition coefficient (Wildman–Crippen LogP) is 1.65. The first kappa shape index (κ1) is 11.5. The highest BCUT2D eigenvalue weighted by Gasteiger charge is 2.42. The minimum atomic E-state index is -1.47. The summed E-state index contributed by atoms with van der Waals surface area (Å²) in [7, 11) is 0. The van der Waals surface area contributed by atoms with E-state index in [1.165, 1.54) is 0 Å². The number of ether oxygens (including phenoxy) is 2. The molecule has 0 spiro atoms. The summed E-state index contributed by atoms with van der Waals surface area (Å²) in [6.45, 7) is 2.02. The molecule has 1 aromatic carbocycles. The lowest BCUT2D eigenvalue weighted by Crippen LogP contribution is -2.30. The Balaban J connectivity index is 1.91. The van der Waals surface area contributed by atoms with Crippen LogP contribution in [0.3, 0.4) is 0 Å². The van der Waals surface area contributed by atoms with Gasteiger partial charge in [0.05, 0.1) is 12.7 Å². The third-order valence-corrected chi connectivity index (χ3v) is 2.69. The standard InChI is InChI=1S/C12H15FO3/c1-8-11(10(13)12(14)16-8)15-7-9-5-3-2-4-6-9/h2-6,8,10-12,14H,7H2,1H3/t8-,10+,11-,12+/m1/s1. The van der Waals surface area contributed by atoms with Crippen LogP contribution in [-0.2, 0) is 16.1 Å². The summed E-state index contributed by atoms with van der Waals surface area (Å²) < 4.78 is 23.8. The van der Waals surface area contributed by atoms with Gasteiger partial charge in [-0.1, -0.05) is 30.3 Å². The number of hydrogen-bond acceptors (Lipinski definition) is 3. The summed E-state index contributed by atoms with van der Waals surface area (Å²) in [6, 6.07) is 9.52. The number of rotatable bonds is 3. The number of aliphatic hydroxyl groups excluding tert-OH is 1. The minimum absolute atomic E-state index is 0.326. The second-order valence-corrected chi connectivity index (χ2v) is 3.94. The monoisotopic (exact) mass is 226 g/mol. The lowest BCUT2D eigenvalue weighted by molar-refractivity contribution is -0.108. The van der Waals surface area contributed by atoms with Gasteiger partial charge in [0.25, 0.3) is 0 Å². The van der Waals surface area contributed by atoms with Gasteiger partial charge in [-0.15, -0.1) is 0 Å². The second-order valence-electron chi connectivity index (χ2n) is 3.94. The number of benzene rings is 1. The van der Waals surface area contributed by atoms with Crippen molar-refractivity contribution in [2.24, 2.45) is 0 Å². The summed E-state index contributed by atoms with van der Waals surface area (Å²) in [5.74, 6) is 0. The largest absolute Gasteiger partial charge is 0.368 e. The maximum Gasteiger partial charge on any atom is 0.189 e. The molecule has 0 amide bonds. The van der Waals surface area contributed by atoms with Gasteiger partial charge in [0.15, 0.2) is 12.5 Å². The van der Waals surface area contributed by atoms with E-state index >= 15 is 0 Å². The summed E-state index contributed by atoms with van der Waals surface area (Å²) >= 11 is 0. The predicted molar refractivity (Wildman–Crippen MR) is 56.5 cm³/mol. The molecule has 0 radical (unpaired) electrons. The molecule has 16 heavy (non-hydrogen) atoms. The fourth-order valence-electron chi connectivity index (χ4n) is 1.79. The Morgan fingerprint density at radius 2 is 2.06 bits per heavy atom. The molecular weight excluding hydrogens is 211 g/mol. The third-order valence-electron chi connectivity index (χ3n) is 2.69. The zero-order valence-electron chi connectivity index (χ0n) is 9.04. The highest BCUT2D eigenvalue weighted by atomic mass is 19.1. The molecule has 3 nitrogen and oxygen atoms in total. The van der Waals surface area contributed by atoms with Crippen molar-refractivity contribution >= 4 is 0 Å². The maximum atomic E-state index is 13.4. The molecule has 1 aromatic rings. The first-order chi connectivity index (χ1) is 7.68. The first-order valence-electron chi connectivity index (χ1n) is 5.31. The molecule has 1 N–H and O–H groups in total. The van der Waals surface area contributed by atoms with E-state index in [1.807, 2.05) is 30.3 Å². The molecule has 1 fully saturated rings. The van der Waals surface area contributed by atoms with Gasteiger partial charge in [0.1, 0.15) is 6.10 Å². The van der Waals surface area contributed by atoms with Crippen molar-refractivity contribution in [1.29, 1.82) is 0 Å². The van der Waals surface area contributed by atoms with E-state index in [4.69, 9.17) is 14.6 Å². The molecule has 88 valence electrons. The molecule has 4 atom stereocenters. The van der Waals surface area contributed by atoms with Crippen LogP contribution in [0.5, 0.6) is 0 Å². The van der Waals surface area contributed by atoms with Gasteiger partial charge in [-0.3, -0.25) is 0 Å². The summed E-state index contributed by atoms with van der Waals surface area (Å²) in [4.78, 5) is 0. The zero-order valence-corrected chi connectivity index (χ0v) is 9.04. The number of aliphatic hydroxyl groups is 1. The molecule has 0 unspecified atom stereocenters. The summed E-state index contributed by atoms with van der Waals surface area (Å²) in [5, 5.41) is 9.16. The van der Waals surface area contributed by atoms with Gasteiger partial charge in [0, 0.05) is 0 Å². The molecule has 0 aromatic heterocycles. The molecule has 4 heteroatoms. The van der Waals surface area contributed by atoms with Crippen LogP contribution < -0.4 is 0 Å². The van der Waals surface area contributed by atoms with Crippen LogP contribution >= 0.6 is 0 Å². The highest BCUT2D eigenvalue weighted by molar-refractivity contribution is 5.13. The molecule has 0 saturated carbocycles. The zero-order chi connectivity index (χ0) is 11.5. The van der Waals surface area contributed by atoms with Crippen molar-refractivity contribution in [3.8, 4) is 0 Å². The van der Waals surface area contributed by atoms with E-state index in [9.17, 15) is 4.39 Å². The quantitative estimate of drug-likeness (QED) is 0.851. The van der Waals surface area contributed by atoms with Gasteiger partial charge in [0.2, 0.25) is 0 Å². The fourth-order valence-corrected chi connectivity index (χ4v) is 1.79. The highest BCUT2D eigenvalue weighted by Crippen LogP contribution is 2.25. The lowest BCUT2D eigenvalue weighted by Gasteiger charge is -2.16. The Hall–Kier alpha value is -0.970. The van der Waals surface area contributed by atoms with E-state index in [2.05, 4.69) is 0 Å². The van der Waals surface area contributed by atoms with E-state index in [0.717, 1.165) is 5.56 Å². The molecule has 1 heterocycles. The third kappa shape index (κ3) is 2.40. The van der Waals surface area contributed by atoms with Crippen molar-refractivity contribution < 1.29 is 19.0 Å². The maximum absolute atomic E-state index is 13.4. The number of halogens is 1. The van der Waals surface area contributed by atoms with Crippen LogP contribution in [0.1, 0.15) is 12.5 Å². The number of hydrogen-bond donors (Lipinski definition) is 1. The van der Waals surface area contributed by atoms with Crippen molar-refractivity contribution in [2.45, 2.75) is 38.2 Å². The molecule has 0 aliphatic carbocycles.